The number of benzene rings is 1. The van der Waals surface area contributed by atoms with E-state index in [4.69, 9.17) is 4.74 Å². The van der Waals surface area contributed by atoms with Crippen LogP contribution in [0.25, 0.3) is 0 Å². The molecule has 114 valence electrons. The molecule has 2 nitrogen and oxygen atoms in total. The van der Waals surface area contributed by atoms with Gasteiger partial charge in [0.15, 0.2) is 0 Å². The van der Waals surface area contributed by atoms with E-state index in [9.17, 15) is 0 Å². The molecule has 1 aliphatic rings. The molecule has 1 aromatic rings. The second-order valence-electron chi connectivity index (χ2n) is 5.04. The number of nitrogens with one attached hydrogen (secondary N) is 1. The lowest BCUT2D eigenvalue weighted by Gasteiger charge is -2.23. The predicted molar refractivity (Wildman–Crippen MR) is 94.0 cm³/mol. The molecule has 0 aliphatic heterocycles. The molecule has 0 heterocycles. The summed E-state index contributed by atoms with van der Waals surface area (Å²) in [6.07, 6.45) is 6.78. The molecule has 1 N–H and O–H groups in total. The van der Waals surface area contributed by atoms with Gasteiger partial charge in [-0.3, -0.25) is 0 Å². The summed E-state index contributed by atoms with van der Waals surface area (Å²) in [6.45, 7) is 3.60. The normalized spacial score (nSPS) is 15.8. The second-order valence-corrected chi connectivity index (χ2v) is 6.75. The average Bonchev–Trinajstić information content (AvgIpc) is 2.42. The first-order chi connectivity index (χ1) is 9.20. The Hall–Kier alpha value is 0.230. The van der Waals surface area contributed by atoms with E-state index < -0.39 is 0 Å². The number of rotatable bonds is 5. The Morgan fingerprint density at radius 1 is 1.15 bits per heavy atom. The molecule has 2 rings (SSSR count). The summed E-state index contributed by atoms with van der Waals surface area (Å²) in [5.74, 6) is 0.893. The molecule has 1 aliphatic carbocycles. The molecular formula is C15H22Br2ClNO. The van der Waals surface area contributed by atoms with Crippen molar-refractivity contribution in [1.29, 1.82) is 0 Å². The third-order valence-corrected chi connectivity index (χ3v) is 4.72. The van der Waals surface area contributed by atoms with E-state index in [-0.39, 0.29) is 12.4 Å². The lowest BCUT2D eigenvalue weighted by Crippen LogP contribution is -2.30. The molecule has 0 amide bonds. The summed E-state index contributed by atoms with van der Waals surface area (Å²) >= 11 is 7.16. The van der Waals surface area contributed by atoms with Gasteiger partial charge in [0.25, 0.3) is 0 Å². The van der Waals surface area contributed by atoms with Gasteiger partial charge in [-0.15, -0.1) is 12.4 Å². The van der Waals surface area contributed by atoms with Crippen LogP contribution < -0.4 is 10.1 Å². The Kier molecular flexibility index (Phi) is 8.49. The van der Waals surface area contributed by atoms with Crippen molar-refractivity contribution in [3.63, 3.8) is 0 Å². The molecule has 0 radical (unpaired) electrons. The first-order valence-electron chi connectivity index (χ1n) is 7.04. The highest BCUT2D eigenvalue weighted by Gasteiger charge is 2.13. The molecule has 0 spiro atoms. The molecule has 1 saturated carbocycles. The van der Waals surface area contributed by atoms with Gasteiger partial charge in [0, 0.05) is 12.6 Å². The monoisotopic (exact) mass is 425 g/mol. The van der Waals surface area contributed by atoms with Crippen LogP contribution in [-0.4, -0.2) is 12.6 Å². The predicted octanol–water partition coefficient (Wildman–Crippen LogP) is 5.45. The van der Waals surface area contributed by atoms with Crippen molar-refractivity contribution >= 4 is 44.3 Å². The fraction of sp³-hybridized carbons (Fsp3) is 0.600. The van der Waals surface area contributed by atoms with Crippen molar-refractivity contribution < 1.29 is 4.74 Å². The Balaban J connectivity index is 0.00000200. The number of halogens is 3. The summed E-state index contributed by atoms with van der Waals surface area (Å²) in [5, 5.41) is 3.66. The van der Waals surface area contributed by atoms with Crippen molar-refractivity contribution in [3.05, 3.63) is 26.6 Å². The minimum absolute atomic E-state index is 0. The van der Waals surface area contributed by atoms with Crippen molar-refractivity contribution in [2.24, 2.45) is 0 Å². The van der Waals surface area contributed by atoms with Gasteiger partial charge in [-0.25, -0.2) is 0 Å². The molecule has 1 fully saturated rings. The van der Waals surface area contributed by atoms with Crippen molar-refractivity contribution in [3.8, 4) is 5.75 Å². The van der Waals surface area contributed by atoms with Crippen LogP contribution in [0.5, 0.6) is 5.75 Å². The summed E-state index contributed by atoms with van der Waals surface area (Å²) in [7, 11) is 0. The van der Waals surface area contributed by atoms with Gasteiger partial charge >= 0.3 is 0 Å². The Morgan fingerprint density at radius 2 is 1.75 bits per heavy atom. The van der Waals surface area contributed by atoms with E-state index in [1.807, 2.05) is 6.92 Å². The first kappa shape index (κ1) is 18.3. The van der Waals surface area contributed by atoms with Gasteiger partial charge in [0.05, 0.1) is 15.6 Å². The summed E-state index contributed by atoms with van der Waals surface area (Å²) in [4.78, 5) is 0. The van der Waals surface area contributed by atoms with Gasteiger partial charge in [-0.1, -0.05) is 19.3 Å². The SMILES string of the molecule is CCOc1c(Br)cc(CNC2CCCCC2)cc1Br.Cl. The molecule has 20 heavy (non-hydrogen) atoms. The van der Waals surface area contributed by atoms with Gasteiger partial charge in [0.1, 0.15) is 5.75 Å². The van der Waals surface area contributed by atoms with E-state index in [0.717, 1.165) is 21.2 Å². The van der Waals surface area contributed by atoms with Crippen LogP contribution in [-0.2, 0) is 6.54 Å². The standard InChI is InChI=1S/C15H21Br2NO.ClH/c1-2-19-15-13(16)8-11(9-14(15)17)10-18-12-6-4-3-5-7-12;/h8-9,12,18H,2-7,10H2,1H3;1H. The van der Waals surface area contributed by atoms with E-state index in [0.29, 0.717) is 12.6 Å². The molecule has 0 saturated heterocycles. The van der Waals surface area contributed by atoms with Crippen LogP contribution in [0.3, 0.4) is 0 Å². The number of ether oxygens (including phenoxy) is 1. The Labute approximate surface area is 144 Å². The third kappa shape index (κ3) is 5.21. The Bertz CT molecular complexity index is 399. The van der Waals surface area contributed by atoms with Crippen LogP contribution in [0.4, 0.5) is 0 Å². The van der Waals surface area contributed by atoms with Gasteiger partial charge < -0.3 is 10.1 Å². The van der Waals surface area contributed by atoms with E-state index >= 15 is 0 Å². The van der Waals surface area contributed by atoms with Gasteiger partial charge in [-0.2, -0.15) is 0 Å². The minimum Gasteiger partial charge on any atom is -0.492 e. The highest BCUT2D eigenvalue weighted by Crippen LogP contribution is 2.34. The van der Waals surface area contributed by atoms with Crippen LogP contribution in [0, 0.1) is 0 Å². The maximum absolute atomic E-state index is 5.60. The van der Waals surface area contributed by atoms with Crippen LogP contribution >= 0.6 is 44.3 Å². The zero-order valence-electron chi connectivity index (χ0n) is 11.8. The lowest BCUT2D eigenvalue weighted by molar-refractivity contribution is 0.335. The largest absolute Gasteiger partial charge is 0.492 e. The molecule has 0 bridgehead atoms. The highest BCUT2D eigenvalue weighted by molar-refractivity contribution is 9.11. The smallest absolute Gasteiger partial charge is 0.147 e. The molecule has 0 aromatic heterocycles. The zero-order valence-corrected chi connectivity index (χ0v) is 15.7. The molecule has 0 unspecified atom stereocenters. The molecule has 5 heteroatoms. The number of hydrogen-bond acceptors (Lipinski definition) is 2. The molecular weight excluding hydrogens is 405 g/mol. The van der Waals surface area contributed by atoms with E-state index in [2.05, 4.69) is 49.3 Å². The van der Waals surface area contributed by atoms with E-state index in [1.165, 1.54) is 37.7 Å². The zero-order chi connectivity index (χ0) is 13.7. The van der Waals surface area contributed by atoms with Crippen molar-refractivity contribution in [2.45, 2.75) is 51.6 Å². The summed E-state index contributed by atoms with van der Waals surface area (Å²) in [6, 6.07) is 4.98. The number of hydrogen-bond donors (Lipinski definition) is 1. The fourth-order valence-corrected chi connectivity index (χ4v) is 4.08. The maximum Gasteiger partial charge on any atom is 0.147 e. The minimum atomic E-state index is 0. The van der Waals surface area contributed by atoms with Gasteiger partial charge in [0.2, 0.25) is 0 Å². The van der Waals surface area contributed by atoms with E-state index in [1.54, 1.807) is 0 Å². The fourth-order valence-electron chi connectivity index (χ4n) is 2.57. The van der Waals surface area contributed by atoms with Crippen LogP contribution in [0.1, 0.15) is 44.6 Å². The van der Waals surface area contributed by atoms with Crippen LogP contribution in [0.15, 0.2) is 21.1 Å². The van der Waals surface area contributed by atoms with Crippen molar-refractivity contribution in [2.75, 3.05) is 6.61 Å². The Morgan fingerprint density at radius 3 is 2.30 bits per heavy atom. The van der Waals surface area contributed by atoms with Gasteiger partial charge in [-0.05, 0) is 69.3 Å². The maximum atomic E-state index is 5.60. The molecule has 0 atom stereocenters. The molecule has 1 aromatic carbocycles. The second kappa shape index (κ2) is 9.29. The summed E-state index contributed by atoms with van der Waals surface area (Å²) in [5.41, 5.74) is 1.28. The van der Waals surface area contributed by atoms with Crippen molar-refractivity contribution in [1.82, 2.24) is 5.32 Å². The third-order valence-electron chi connectivity index (χ3n) is 3.55. The first-order valence-corrected chi connectivity index (χ1v) is 8.63. The topological polar surface area (TPSA) is 21.3 Å². The quantitative estimate of drug-likeness (QED) is 0.674. The highest BCUT2D eigenvalue weighted by atomic mass is 79.9. The summed E-state index contributed by atoms with van der Waals surface area (Å²) < 4.78 is 7.64. The van der Waals surface area contributed by atoms with Crippen LogP contribution in [0.2, 0.25) is 0 Å². The average molecular weight is 428 g/mol. The lowest BCUT2D eigenvalue weighted by atomic mass is 9.95.